The van der Waals surface area contributed by atoms with Crippen molar-refractivity contribution in [2.24, 2.45) is 0 Å². The van der Waals surface area contributed by atoms with Crippen LogP contribution in [0.5, 0.6) is 0 Å². The maximum absolute atomic E-state index is 5.90. The van der Waals surface area contributed by atoms with Crippen molar-refractivity contribution in [1.29, 1.82) is 0 Å². The van der Waals surface area contributed by atoms with E-state index >= 15 is 0 Å². The Morgan fingerprint density at radius 1 is 1.12 bits per heavy atom. The molecule has 1 aromatic heterocycles. The van der Waals surface area contributed by atoms with E-state index in [1.54, 1.807) is 12.4 Å². The van der Waals surface area contributed by atoms with Crippen molar-refractivity contribution in [1.82, 2.24) is 15.5 Å². The maximum atomic E-state index is 5.90. The molecule has 0 fully saturated rings. The van der Waals surface area contributed by atoms with Gasteiger partial charge in [-0.2, -0.15) is 10.2 Å². The molecule has 0 radical (unpaired) electrons. The zero-order valence-corrected chi connectivity index (χ0v) is 10.4. The highest BCUT2D eigenvalue weighted by molar-refractivity contribution is 6.30. The van der Waals surface area contributed by atoms with Gasteiger partial charge in [0.2, 0.25) is 0 Å². The fourth-order valence-electron chi connectivity index (χ4n) is 1.76. The van der Waals surface area contributed by atoms with Crippen LogP contribution in [0.15, 0.2) is 42.7 Å². The summed E-state index contributed by atoms with van der Waals surface area (Å²) in [5.41, 5.74) is 2.27. The minimum absolute atomic E-state index is 0.132. The standard InChI is InChI=1S/C13H14ClN3/c1-2-15-13(11-7-8-16-17-9-11)10-3-5-12(14)6-4-10/h3-9,13,15H,2H2,1H3. The molecule has 1 N–H and O–H groups in total. The van der Waals surface area contributed by atoms with Crippen molar-refractivity contribution in [2.45, 2.75) is 13.0 Å². The van der Waals surface area contributed by atoms with Gasteiger partial charge in [-0.25, -0.2) is 0 Å². The summed E-state index contributed by atoms with van der Waals surface area (Å²) < 4.78 is 0. The lowest BCUT2D eigenvalue weighted by Gasteiger charge is -2.18. The lowest BCUT2D eigenvalue weighted by Crippen LogP contribution is -2.22. The molecule has 1 aromatic carbocycles. The van der Waals surface area contributed by atoms with Crippen molar-refractivity contribution in [3.63, 3.8) is 0 Å². The molecule has 1 heterocycles. The Labute approximate surface area is 106 Å². The Morgan fingerprint density at radius 3 is 2.47 bits per heavy atom. The first kappa shape index (κ1) is 12.0. The molecule has 0 saturated carbocycles. The molecule has 0 aliphatic carbocycles. The van der Waals surface area contributed by atoms with Crippen LogP contribution in [0, 0.1) is 0 Å². The second kappa shape index (κ2) is 5.75. The molecular weight excluding hydrogens is 234 g/mol. The number of rotatable bonds is 4. The van der Waals surface area contributed by atoms with Crippen LogP contribution < -0.4 is 5.32 Å². The number of nitrogens with zero attached hydrogens (tertiary/aromatic N) is 2. The highest BCUT2D eigenvalue weighted by Crippen LogP contribution is 2.22. The normalized spacial score (nSPS) is 12.4. The molecule has 88 valence electrons. The van der Waals surface area contributed by atoms with E-state index in [2.05, 4.69) is 22.4 Å². The van der Waals surface area contributed by atoms with Gasteiger partial charge in [0.25, 0.3) is 0 Å². The van der Waals surface area contributed by atoms with Crippen molar-refractivity contribution in [3.05, 3.63) is 58.9 Å². The zero-order chi connectivity index (χ0) is 12.1. The van der Waals surface area contributed by atoms with E-state index in [9.17, 15) is 0 Å². The molecule has 0 spiro atoms. The molecule has 2 aromatic rings. The molecule has 0 bridgehead atoms. The molecule has 1 unspecified atom stereocenters. The smallest absolute Gasteiger partial charge is 0.0593 e. The van der Waals surface area contributed by atoms with Gasteiger partial charge >= 0.3 is 0 Å². The van der Waals surface area contributed by atoms with Gasteiger partial charge in [0.05, 0.1) is 12.2 Å². The van der Waals surface area contributed by atoms with Gasteiger partial charge in [-0.1, -0.05) is 30.7 Å². The highest BCUT2D eigenvalue weighted by atomic mass is 35.5. The van der Waals surface area contributed by atoms with Crippen LogP contribution in [0.3, 0.4) is 0 Å². The van der Waals surface area contributed by atoms with Crippen molar-refractivity contribution >= 4 is 11.6 Å². The predicted molar refractivity (Wildman–Crippen MR) is 69.0 cm³/mol. The maximum Gasteiger partial charge on any atom is 0.0593 e. The Hall–Kier alpha value is -1.45. The Kier molecular flexibility index (Phi) is 4.07. The first-order chi connectivity index (χ1) is 8.31. The molecule has 1 atom stereocenters. The third kappa shape index (κ3) is 3.02. The quantitative estimate of drug-likeness (QED) is 0.903. The van der Waals surface area contributed by atoms with Gasteiger partial charge in [0, 0.05) is 11.2 Å². The van der Waals surface area contributed by atoms with Crippen molar-refractivity contribution in [2.75, 3.05) is 6.54 Å². The zero-order valence-electron chi connectivity index (χ0n) is 9.60. The van der Waals surface area contributed by atoms with E-state index in [0.29, 0.717) is 0 Å². The number of benzene rings is 1. The topological polar surface area (TPSA) is 37.8 Å². The Balaban J connectivity index is 2.32. The molecule has 0 aliphatic heterocycles. The van der Waals surface area contributed by atoms with Gasteiger partial charge in [-0.3, -0.25) is 0 Å². The average Bonchev–Trinajstić information content (AvgIpc) is 2.38. The first-order valence-electron chi connectivity index (χ1n) is 5.56. The van der Waals surface area contributed by atoms with Crippen LogP contribution in [0.2, 0.25) is 5.02 Å². The minimum atomic E-state index is 0.132. The Bertz CT molecular complexity index is 456. The first-order valence-corrected chi connectivity index (χ1v) is 5.94. The molecule has 0 amide bonds. The van der Waals surface area contributed by atoms with Gasteiger partial charge in [0.15, 0.2) is 0 Å². The molecule has 4 heteroatoms. The summed E-state index contributed by atoms with van der Waals surface area (Å²) in [5, 5.41) is 11.9. The second-order valence-electron chi connectivity index (χ2n) is 3.72. The second-order valence-corrected chi connectivity index (χ2v) is 4.15. The van der Waals surface area contributed by atoms with Crippen LogP contribution in [-0.2, 0) is 0 Å². The van der Waals surface area contributed by atoms with Crippen LogP contribution >= 0.6 is 11.6 Å². The summed E-state index contributed by atoms with van der Waals surface area (Å²) in [6.07, 6.45) is 3.48. The van der Waals surface area contributed by atoms with E-state index in [1.807, 2.05) is 30.3 Å². The third-order valence-corrected chi connectivity index (χ3v) is 2.80. The molecule has 2 rings (SSSR count). The number of halogens is 1. The summed E-state index contributed by atoms with van der Waals surface area (Å²) in [6, 6.07) is 9.94. The van der Waals surface area contributed by atoms with Crippen LogP contribution in [0.4, 0.5) is 0 Å². The summed E-state index contributed by atoms with van der Waals surface area (Å²) in [6.45, 7) is 2.97. The van der Waals surface area contributed by atoms with Crippen molar-refractivity contribution in [3.8, 4) is 0 Å². The lowest BCUT2D eigenvalue weighted by molar-refractivity contribution is 0.626. The summed E-state index contributed by atoms with van der Waals surface area (Å²) in [4.78, 5) is 0. The average molecular weight is 248 g/mol. The number of hydrogen-bond donors (Lipinski definition) is 1. The fraction of sp³-hybridized carbons (Fsp3) is 0.231. The molecular formula is C13H14ClN3. The van der Waals surface area contributed by atoms with Crippen LogP contribution in [-0.4, -0.2) is 16.7 Å². The molecule has 3 nitrogen and oxygen atoms in total. The van der Waals surface area contributed by atoms with Gasteiger partial charge in [-0.15, -0.1) is 0 Å². The Morgan fingerprint density at radius 2 is 1.88 bits per heavy atom. The van der Waals surface area contributed by atoms with E-state index < -0.39 is 0 Å². The molecule has 17 heavy (non-hydrogen) atoms. The number of aromatic nitrogens is 2. The van der Waals surface area contributed by atoms with Gasteiger partial charge in [-0.05, 0) is 35.9 Å². The molecule has 0 saturated heterocycles. The fourth-order valence-corrected chi connectivity index (χ4v) is 1.89. The van der Waals surface area contributed by atoms with Gasteiger partial charge in [0.1, 0.15) is 0 Å². The summed E-state index contributed by atoms with van der Waals surface area (Å²) in [5.74, 6) is 0. The SMILES string of the molecule is CCNC(c1ccc(Cl)cc1)c1ccnnc1. The van der Waals surface area contributed by atoms with Crippen molar-refractivity contribution < 1.29 is 0 Å². The largest absolute Gasteiger partial charge is 0.306 e. The third-order valence-electron chi connectivity index (χ3n) is 2.55. The minimum Gasteiger partial charge on any atom is -0.306 e. The molecule has 0 aliphatic rings. The van der Waals surface area contributed by atoms with Crippen LogP contribution in [0.1, 0.15) is 24.1 Å². The van der Waals surface area contributed by atoms with E-state index in [1.165, 1.54) is 5.56 Å². The highest BCUT2D eigenvalue weighted by Gasteiger charge is 2.12. The van der Waals surface area contributed by atoms with Gasteiger partial charge < -0.3 is 5.32 Å². The lowest BCUT2D eigenvalue weighted by atomic mass is 10.0. The monoisotopic (exact) mass is 247 g/mol. The number of nitrogens with one attached hydrogen (secondary N) is 1. The van der Waals surface area contributed by atoms with E-state index in [4.69, 9.17) is 11.6 Å². The van der Waals surface area contributed by atoms with E-state index in [-0.39, 0.29) is 6.04 Å². The number of hydrogen-bond acceptors (Lipinski definition) is 3. The van der Waals surface area contributed by atoms with Crippen LogP contribution in [0.25, 0.3) is 0 Å². The summed E-state index contributed by atoms with van der Waals surface area (Å²) in [7, 11) is 0. The van der Waals surface area contributed by atoms with E-state index in [0.717, 1.165) is 17.1 Å². The summed E-state index contributed by atoms with van der Waals surface area (Å²) >= 11 is 5.90. The predicted octanol–water partition coefficient (Wildman–Crippen LogP) is 2.83.